The van der Waals surface area contributed by atoms with Crippen LogP contribution >= 0.6 is 11.8 Å². The molecule has 0 saturated heterocycles. The van der Waals surface area contributed by atoms with Gasteiger partial charge in [-0.25, -0.2) is 0 Å². The Balaban J connectivity index is 1.94. The average Bonchev–Trinajstić information content (AvgIpc) is 2.44. The molecule has 0 heterocycles. The minimum Gasteiger partial charge on any atom is -0.185 e. The van der Waals surface area contributed by atoms with Gasteiger partial charge in [-0.1, -0.05) is 0 Å². The molecule has 4 bridgehead atoms. The first-order valence-electron chi connectivity index (χ1n) is 3.94. The molecule has 0 radical (unpaired) electrons. The standard InChI is InChI=1S/C8H9NS/c9-4-10-8-3-5-1-6(8)7(8)2-5/h5-7H,1-3H2. The SMILES string of the molecule is N#CSC12CC3CC1C2C3. The highest BCUT2D eigenvalue weighted by Gasteiger charge is 2.75. The lowest BCUT2D eigenvalue weighted by Crippen LogP contribution is -1.98. The van der Waals surface area contributed by atoms with Crippen molar-refractivity contribution in [2.75, 3.05) is 0 Å². The molecular formula is C8H9NS. The molecule has 4 aliphatic carbocycles. The van der Waals surface area contributed by atoms with Crippen LogP contribution in [0.25, 0.3) is 0 Å². The molecule has 1 nitrogen and oxygen atoms in total. The molecule has 0 spiro atoms. The molecule has 4 fully saturated rings. The largest absolute Gasteiger partial charge is 0.185 e. The highest BCUT2D eigenvalue weighted by atomic mass is 32.2. The maximum atomic E-state index is 8.57. The van der Waals surface area contributed by atoms with E-state index in [1.807, 2.05) is 0 Å². The normalized spacial score (nSPS) is 60.5. The van der Waals surface area contributed by atoms with Gasteiger partial charge < -0.3 is 0 Å². The Hall–Kier alpha value is -0.160. The van der Waals surface area contributed by atoms with E-state index in [0.717, 1.165) is 17.8 Å². The van der Waals surface area contributed by atoms with Gasteiger partial charge in [-0.05, 0) is 48.8 Å². The number of hydrogen-bond donors (Lipinski definition) is 0. The molecule has 0 aromatic carbocycles. The molecule has 0 aromatic rings. The Bertz CT molecular complexity index is 218. The van der Waals surface area contributed by atoms with E-state index in [1.54, 1.807) is 11.8 Å². The third-order valence-corrected chi connectivity index (χ3v) is 4.89. The van der Waals surface area contributed by atoms with Crippen molar-refractivity contribution in [3.05, 3.63) is 0 Å². The summed E-state index contributed by atoms with van der Waals surface area (Å²) < 4.78 is 0.499. The summed E-state index contributed by atoms with van der Waals surface area (Å²) in [5.74, 6) is 2.93. The van der Waals surface area contributed by atoms with E-state index < -0.39 is 0 Å². The van der Waals surface area contributed by atoms with Crippen molar-refractivity contribution in [3.8, 4) is 5.40 Å². The first-order valence-corrected chi connectivity index (χ1v) is 4.75. The number of thioether (sulfide) groups is 1. The Labute approximate surface area is 64.8 Å². The Morgan fingerprint density at radius 2 is 2.10 bits per heavy atom. The zero-order chi connectivity index (χ0) is 6.77. The number of thiocyanates is 1. The quantitative estimate of drug-likeness (QED) is 0.535. The van der Waals surface area contributed by atoms with E-state index in [0.29, 0.717) is 4.75 Å². The molecule has 2 heteroatoms. The number of nitriles is 1. The molecule has 4 saturated carbocycles. The van der Waals surface area contributed by atoms with Gasteiger partial charge in [-0.15, -0.1) is 0 Å². The van der Waals surface area contributed by atoms with Crippen LogP contribution in [0.15, 0.2) is 0 Å². The summed E-state index contributed by atoms with van der Waals surface area (Å²) in [5, 5.41) is 10.8. The van der Waals surface area contributed by atoms with E-state index in [9.17, 15) is 0 Å². The van der Waals surface area contributed by atoms with Crippen molar-refractivity contribution in [3.63, 3.8) is 0 Å². The summed E-state index contributed by atoms with van der Waals surface area (Å²) in [6.07, 6.45) is 4.25. The van der Waals surface area contributed by atoms with Crippen molar-refractivity contribution >= 4 is 11.8 Å². The molecular weight excluding hydrogens is 142 g/mol. The number of nitrogens with zero attached hydrogens (tertiary/aromatic N) is 1. The molecule has 0 N–H and O–H groups in total. The third kappa shape index (κ3) is 0.386. The molecule has 10 heavy (non-hydrogen) atoms. The average molecular weight is 151 g/mol. The van der Waals surface area contributed by atoms with E-state index in [2.05, 4.69) is 5.40 Å². The smallest absolute Gasteiger partial charge is 0.133 e. The lowest BCUT2D eigenvalue weighted by Gasteiger charge is -2.00. The van der Waals surface area contributed by atoms with Gasteiger partial charge in [0.05, 0.1) is 0 Å². The molecule has 0 amide bonds. The topological polar surface area (TPSA) is 23.8 Å². The fourth-order valence-corrected chi connectivity index (χ4v) is 4.56. The second kappa shape index (κ2) is 1.38. The third-order valence-electron chi connectivity index (χ3n) is 3.65. The van der Waals surface area contributed by atoms with Crippen LogP contribution < -0.4 is 0 Å². The summed E-state index contributed by atoms with van der Waals surface area (Å²) in [4.78, 5) is 0. The van der Waals surface area contributed by atoms with E-state index >= 15 is 0 Å². The van der Waals surface area contributed by atoms with Crippen molar-refractivity contribution < 1.29 is 0 Å². The highest BCUT2D eigenvalue weighted by Crippen LogP contribution is 2.78. The lowest BCUT2D eigenvalue weighted by atomic mass is 10.1. The minimum atomic E-state index is 0.499. The molecule has 52 valence electrons. The molecule has 2 unspecified atom stereocenters. The first-order chi connectivity index (χ1) is 4.87. The molecule has 2 atom stereocenters. The summed E-state index contributed by atoms with van der Waals surface area (Å²) in [7, 11) is 0. The maximum Gasteiger partial charge on any atom is 0.133 e. The van der Waals surface area contributed by atoms with Gasteiger partial charge in [0.1, 0.15) is 5.40 Å². The summed E-state index contributed by atoms with van der Waals surface area (Å²) >= 11 is 1.57. The molecule has 0 aliphatic heterocycles. The second-order valence-corrected chi connectivity index (χ2v) is 5.05. The van der Waals surface area contributed by atoms with Crippen LogP contribution in [0, 0.1) is 28.4 Å². The zero-order valence-corrected chi connectivity index (χ0v) is 6.53. The highest BCUT2D eigenvalue weighted by molar-refractivity contribution is 8.05. The van der Waals surface area contributed by atoms with Crippen LogP contribution in [0.3, 0.4) is 0 Å². The van der Waals surface area contributed by atoms with Crippen molar-refractivity contribution in [1.29, 1.82) is 5.26 Å². The second-order valence-electron chi connectivity index (χ2n) is 3.90. The van der Waals surface area contributed by atoms with Crippen molar-refractivity contribution in [1.82, 2.24) is 0 Å². The molecule has 4 aliphatic rings. The maximum absolute atomic E-state index is 8.57. The zero-order valence-electron chi connectivity index (χ0n) is 5.71. The van der Waals surface area contributed by atoms with Crippen LogP contribution in [0.5, 0.6) is 0 Å². The van der Waals surface area contributed by atoms with Crippen LogP contribution in [0.1, 0.15) is 19.3 Å². The van der Waals surface area contributed by atoms with Gasteiger partial charge in [-0.3, -0.25) is 0 Å². The predicted octanol–water partition coefficient (Wildman–Crippen LogP) is 2.00. The van der Waals surface area contributed by atoms with Crippen LogP contribution in [-0.4, -0.2) is 4.75 Å². The minimum absolute atomic E-state index is 0.499. The fourth-order valence-electron chi connectivity index (χ4n) is 3.32. The molecule has 0 aromatic heterocycles. The van der Waals surface area contributed by atoms with Crippen LogP contribution in [0.4, 0.5) is 0 Å². The predicted molar refractivity (Wildman–Crippen MR) is 40.3 cm³/mol. The van der Waals surface area contributed by atoms with E-state index in [1.165, 1.54) is 19.3 Å². The van der Waals surface area contributed by atoms with E-state index in [-0.39, 0.29) is 0 Å². The van der Waals surface area contributed by atoms with Crippen molar-refractivity contribution in [2.24, 2.45) is 17.8 Å². The fraction of sp³-hybridized carbons (Fsp3) is 0.875. The van der Waals surface area contributed by atoms with Gasteiger partial charge >= 0.3 is 0 Å². The Kier molecular flexibility index (Phi) is 0.757. The van der Waals surface area contributed by atoms with Crippen LogP contribution in [0.2, 0.25) is 0 Å². The van der Waals surface area contributed by atoms with Crippen molar-refractivity contribution in [2.45, 2.75) is 24.0 Å². The summed E-state index contributed by atoms with van der Waals surface area (Å²) in [6.45, 7) is 0. The molecule has 4 rings (SSSR count). The van der Waals surface area contributed by atoms with E-state index in [4.69, 9.17) is 5.26 Å². The number of hydrogen-bond acceptors (Lipinski definition) is 2. The van der Waals surface area contributed by atoms with Gasteiger partial charge in [0.2, 0.25) is 0 Å². The van der Waals surface area contributed by atoms with Gasteiger partial charge in [0, 0.05) is 4.75 Å². The Morgan fingerprint density at radius 3 is 2.50 bits per heavy atom. The monoisotopic (exact) mass is 151 g/mol. The summed E-state index contributed by atoms with van der Waals surface area (Å²) in [5.41, 5.74) is 0. The van der Waals surface area contributed by atoms with Gasteiger partial charge in [-0.2, -0.15) is 5.26 Å². The van der Waals surface area contributed by atoms with Crippen LogP contribution in [-0.2, 0) is 0 Å². The first kappa shape index (κ1) is 5.49. The summed E-state index contributed by atoms with van der Waals surface area (Å²) in [6, 6.07) is 0. The van der Waals surface area contributed by atoms with Gasteiger partial charge in [0.15, 0.2) is 0 Å². The number of rotatable bonds is 1. The van der Waals surface area contributed by atoms with Gasteiger partial charge in [0.25, 0.3) is 0 Å². The Morgan fingerprint density at radius 1 is 1.40 bits per heavy atom. The lowest BCUT2D eigenvalue weighted by molar-refractivity contribution is 0.605.